The number of rotatable bonds is 6. The second-order valence-corrected chi connectivity index (χ2v) is 5.42. The Bertz CT molecular complexity index is 454. The molecule has 0 aliphatic carbocycles. The second-order valence-electron chi connectivity index (χ2n) is 5.42. The molecule has 0 bridgehead atoms. The van der Waals surface area contributed by atoms with E-state index in [9.17, 15) is 4.79 Å². The van der Waals surface area contributed by atoms with E-state index < -0.39 is 6.10 Å². The van der Waals surface area contributed by atoms with Crippen molar-refractivity contribution >= 4 is 5.78 Å². The summed E-state index contributed by atoms with van der Waals surface area (Å²) in [4.78, 5) is 12.2. The average molecular weight is 292 g/mol. The molecule has 4 heteroatoms. The number of benzene rings is 1. The normalized spacial score (nSPS) is 23.6. The van der Waals surface area contributed by atoms with Gasteiger partial charge in [0.05, 0.1) is 13.2 Å². The standard InChI is InChI=1S/C17H24O4/c1-4-15(18)17(13-8-10-14(19-3)11-9-13)21-16-7-5-6-12(2)20-16/h8-12,16-17H,4-7H2,1-3H3/t12-,16+,17+/m0/s1. The van der Waals surface area contributed by atoms with Crippen molar-refractivity contribution in [3.63, 3.8) is 0 Å². The van der Waals surface area contributed by atoms with E-state index in [2.05, 4.69) is 0 Å². The van der Waals surface area contributed by atoms with Gasteiger partial charge in [0, 0.05) is 6.42 Å². The van der Waals surface area contributed by atoms with Gasteiger partial charge in [0.25, 0.3) is 0 Å². The Labute approximate surface area is 126 Å². The Balaban J connectivity index is 2.11. The van der Waals surface area contributed by atoms with Gasteiger partial charge < -0.3 is 14.2 Å². The molecule has 0 unspecified atom stereocenters. The molecular formula is C17H24O4. The van der Waals surface area contributed by atoms with Crippen molar-refractivity contribution in [2.75, 3.05) is 7.11 Å². The first-order valence-electron chi connectivity index (χ1n) is 7.61. The van der Waals surface area contributed by atoms with Crippen molar-refractivity contribution in [1.29, 1.82) is 0 Å². The molecule has 0 amide bonds. The van der Waals surface area contributed by atoms with Crippen LogP contribution in [0.5, 0.6) is 5.75 Å². The summed E-state index contributed by atoms with van der Waals surface area (Å²) in [6, 6.07) is 7.45. The molecule has 3 atom stereocenters. The summed E-state index contributed by atoms with van der Waals surface area (Å²) >= 11 is 0. The molecule has 0 spiro atoms. The highest BCUT2D eigenvalue weighted by atomic mass is 16.7. The van der Waals surface area contributed by atoms with Crippen LogP contribution in [0.25, 0.3) is 0 Å². The molecule has 4 nitrogen and oxygen atoms in total. The van der Waals surface area contributed by atoms with E-state index in [1.54, 1.807) is 7.11 Å². The third-order valence-corrected chi connectivity index (χ3v) is 3.78. The minimum absolute atomic E-state index is 0.0713. The molecule has 116 valence electrons. The largest absolute Gasteiger partial charge is 0.497 e. The fraction of sp³-hybridized carbons (Fsp3) is 0.588. The van der Waals surface area contributed by atoms with Gasteiger partial charge in [-0.3, -0.25) is 4.79 Å². The summed E-state index contributed by atoms with van der Waals surface area (Å²) in [5, 5.41) is 0. The van der Waals surface area contributed by atoms with Crippen molar-refractivity contribution in [3.05, 3.63) is 29.8 Å². The molecular weight excluding hydrogens is 268 g/mol. The van der Waals surface area contributed by atoms with Crippen molar-refractivity contribution in [2.45, 2.75) is 58.0 Å². The molecule has 1 heterocycles. The van der Waals surface area contributed by atoms with Crippen LogP contribution in [0.15, 0.2) is 24.3 Å². The maximum atomic E-state index is 12.2. The highest BCUT2D eigenvalue weighted by molar-refractivity contribution is 5.84. The molecule has 1 aliphatic rings. The van der Waals surface area contributed by atoms with Crippen LogP contribution < -0.4 is 4.74 Å². The van der Waals surface area contributed by atoms with Gasteiger partial charge in [-0.25, -0.2) is 0 Å². The highest BCUT2D eigenvalue weighted by Crippen LogP contribution is 2.28. The molecule has 1 fully saturated rings. The molecule has 0 saturated carbocycles. The summed E-state index contributed by atoms with van der Waals surface area (Å²) < 4.78 is 16.9. The number of Topliss-reactive ketones (excluding diaryl/α,β-unsaturated/α-hetero) is 1. The molecule has 21 heavy (non-hydrogen) atoms. The Morgan fingerprint density at radius 2 is 2.05 bits per heavy atom. The van der Waals surface area contributed by atoms with E-state index in [-0.39, 0.29) is 18.2 Å². The van der Waals surface area contributed by atoms with Gasteiger partial charge in [-0.05, 0) is 43.9 Å². The van der Waals surface area contributed by atoms with Crippen molar-refractivity contribution in [3.8, 4) is 5.75 Å². The molecule has 0 N–H and O–H groups in total. The van der Waals surface area contributed by atoms with Gasteiger partial charge in [-0.2, -0.15) is 0 Å². The zero-order valence-corrected chi connectivity index (χ0v) is 13.0. The predicted octanol–water partition coefficient (Wildman–Crippen LogP) is 3.65. The smallest absolute Gasteiger partial charge is 0.165 e. The number of carbonyl (C=O) groups is 1. The fourth-order valence-corrected chi connectivity index (χ4v) is 2.52. The lowest BCUT2D eigenvalue weighted by molar-refractivity contribution is -0.212. The number of carbonyl (C=O) groups excluding carboxylic acids is 1. The van der Waals surface area contributed by atoms with E-state index >= 15 is 0 Å². The van der Waals surface area contributed by atoms with E-state index in [0.29, 0.717) is 6.42 Å². The van der Waals surface area contributed by atoms with E-state index in [1.165, 1.54) is 0 Å². The Morgan fingerprint density at radius 3 is 2.62 bits per heavy atom. The second kappa shape index (κ2) is 7.57. The number of ketones is 1. The first-order chi connectivity index (χ1) is 10.1. The van der Waals surface area contributed by atoms with Crippen LogP contribution in [0.3, 0.4) is 0 Å². The monoisotopic (exact) mass is 292 g/mol. The van der Waals surface area contributed by atoms with Gasteiger partial charge in [0.15, 0.2) is 12.1 Å². The van der Waals surface area contributed by atoms with Gasteiger partial charge in [-0.15, -0.1) is 0 Å². The number of hydrogen-bond donors (Lipinski definition) is 0. The van der Waals surface area contributed by atoms with Crippen LogP contribution in [0, 0.1) is 0 Å². The Morgan fingerprint density at radius 1 is 1.33 bits per heavy atom. The topological polar surface area (TPSA) is 44.8 Å². The molecule has 1 aromatic carbocycles. The average Bonchev–Trinajstić information content (AvgIpc) is 2.52. The van der Waals surface area contributed by atoms with Gasteiger partial charge in [-0.1, -0.05) is 19.1 Å². The lowest BCUT2D eigenvalue weighted by Crippen LogP contribution is -2.31. The third-order valence-electron chi connectivity index (χ3n) is 3.78. The van der Waals surface area contributed by atoms with E-state index in [0.717, 1.165) is 30.6 Å². The number of hydrogen-bond acceptors (Lipinski definition) is 4. The van der Waals surface area contributed by atoms with Gasteiger partial charge in [0.2, 0.25) is 0 Å². The van der Waals surface area contributed by atoms with Crippen LogP contribution in [-0.4, -0.2) is 25.3 Å². The number of methoxy groups -OCH3 is 1. The lowest BCUT2D eigenvalue weighted by atomic mass is 10.0. The van der Waals surface area contributed by atoms with Crippen molar-refractivity contribution < 1.29 is 19.0 Å². The quantitative estimate of drug-likeness (QED) is 0.803. The molecule has 0 radical (unpaired) electrons. The van der Waals surface area contributed by atoms with Crippen molar-refractivity contribution in [1.82, 2.24) is 0 Å². The SMILES string of the molecule is CCC(=O)[C@H](O[C@@H]1CCC[C@H](C)O1)c1ccc(OC)cc1. The molecule has 2 rings (SSSR count). The highest BCUT2D eigenvalue weighted by Gasteiger charge is 2.27. The summed E-state index contributed by atoms with van der Waals surface area (Å²) in [5.41, 5.74) is 0.851. The maximum absolute atomic E-state index is 12.2. The lowest BCUT2D eigenvalue weighted by Gasteiger charge is -2.30. The zero-order valence-electron chi connectivity index (χ0n) is 13.0. The van der Waals surface area contributed by atoms with Crippen LogP contribution in [0.1, 0.15) is 51.2 Å². The number of ether oxygens (including phenoxy) is 3. The van der Waals surface area contributed by atoms with Crippen LogP contribution in [0.4, 0.5) is 0 Å². The Hall–Kier alpha value is -1.39. The van der Waals surface area contributed by atoms with Crippen molar-refractivity contribution in [2.24, 2.45) is 0 Å². The van der Waals surface area contributed by atoms with E-state index in [1.807, 2.05) is 38.1 Å². The minimum atomic E-state index is -0.559. The Kier molecular flexibility index (Phi) is 5.76. The van der Waals surface area contributed by atoms with Crippen LogP contribution in [0.2, 0.25) is 0 Å². The molecule has 1 saturated heterocycles. The van der Waals surface area contributed by atoms with Crippen LogP contribution >= 0.6 is 0 Å². The molecule has 1 aliphatic heterocycles. The minimum Gasteiger partial charge on any atom is -0.497 e. The maximum Gasteiger partial charge on any atom is 0.165 e. The fourth-order valence-electron chi connectivity index (χ4n) is 2.52. The third kappa shape index (κ3) is 4.29. The summed E-state index contributed by atoms with van der Waals surface area (Å²) in [7, 11) is 1.62. The van der Waals surface area contributed by atoms with E-state index in [4.69, 9.17) is 14.2 Å². The first-order valence-corrected chi connectivity index (χ1v) is 7.61. The summed E-state index contributed by atoms with van der Waals surface area (Å²) in [6.07, 6.45) is 2.74. The van der Waals surface area contributed by atoms with Gasteiger partial charge >= 0.3 is 0 Å². The summed E-state index contributed by atoms with van der Waals surface area (Å²) in [5.74, 6) is 0.839. The zero-order chi connectivity index (χ0) is 15.2. The first kappa shape index (κ1) is 16.0. The predicted molar refractivity (Wildman–Crippen MR) is 80.3 cm³/mol. The summed E-state index contributed by atoms with van der Waals surface area (Å²) in [6.45, 7) is 3.89. The van der Waals surface area contributed by atoms with Crippen LogP contribution in [-0.2, 0) is 14.3 Å². The molecule has 1 aromatic rings. The van der Waals surface area contributed by atoms with Gasteiger partial charge in [0.1, 0.15) is 11.9 Å². The molecule has 0 aromatic heterocycles.